The smallest absolute Gasteiger partial charge is 0.290 e. The lowest BCUT2D eigenvalue weighted by molar-refractivity contribution is -0.134. The fourth-order valence-electron chi connectivity index (χ4n) is 1.53. The summed E-state index contributed by atoms with van der Waals surface area (Å²) >= 11 is 0. The summed E-state index contributed by atoms with van der Waals surface area (Å²) in [5, 5.41) is 2.34. The number of aromatic nitrogens is 1. The van der Waals surface area contributed by atoms with Gasteiger partial charge < -0.3 is 14.6 Å². The standard InChI is InChI=1S/C11H15F2N3O3/c1-11(2,10(18)16(3)4)15-9(17)7-6(8(12)13)14-5-19-7/h5,8H,1-4H3,(H,15,17). The van der Waals surface area contributed by atoms with Gasteiger partial charge >= 0.3 is 0 Å². The number of likely N-dealkylation sites (N-methyl/N-ethyl adjacent to an activating group) is 1. The van der Waals surface area contributed by atoms with Crippen LogP contribution in [0.15, 0.2) is 10.8 Å². The van der Waals surface area contributed by atoms with Crippen molar-refractivity contribution in [3.05, 3.63) is 17.8 Å². The number of hydrogen-bond acceptors (Lipinski definition) is 4. The first-order valence-corrected chi connectivity index (χ1v) is 5.42. The summed E-state index contributed by atoms with van der Waals surface area (Å²) in [6.45, 7) is 2.93. The van der Waals surface area contributed by atoms with E-state index in [1.54, 1.807) is 0 Å². The Morgan fingerprint density at radius 3 is 2.47 bits per heavy atom. The Morgan fingerprint density at radius 1 is 1.42 bits per heavy atom. The minimum absolute atomic E-state index is 0.376. The average Bonchev–Trinajstić information content (AvgIpc) is 2.76. The van der Waals surface area contributed by atoms with E-state index in [9.17, 15) is 18.4 Å². The molecule has 0 aliphatic carbocycles. The van der Waals surface area contributed by atoms with Gasteiger partial charge in [-0.25, -0.2) is 13.8 Å². The number of alkyl halides is 2. The Bertz CT molecular complexity index is 483. The van der Waals surface area contributed by atoms with Crippen molar-refractivity contribution in [1.82, 2.24) is 15.2 Å². The van der Waals surface area contributed by atoms with Gasteiger partial charge in [0.05, 0.1) is 0 Å². The Kier molecular flexibility index (Phi) is 4.23. The largest absolute Gasteiger partial charge is 0.438 e. The summed E-state index contributed by atoms with van der Waals surface area (Å²) < 4.78 is 29.8. The van der Waals surface area contributed by atoms with Crippen LogP contribution in [0, 0.1) is 0 Å². The van der Waals surface area contributed by atoms with Gasteiger partial charge in [0.2, 0.25) is 11.7 Å². The van der Waals surface area contributed by atoms with Crippen molar-refractivity contribution in [3.63, 3.8) is 0 Å². The minimum atomic E-state index is -2.92. The van der Waals surface area contributed by atoms with Crippen molar-refractivity contribution in [3.8, 4) is 0 Å². The van der Waals surface area contributed by atoms with E-state index in [4.69, 9.17) is 0 Å². The fraction of sp³-hybridized carbons (Fsp3) is 0.545. The van der Waals surface area contributed by atoms with E-state index in [2.05, 4.69) is 14.7 Å². The Labute approximate surface area is 108 Å². The summed E-state index contributed by atoms with van der Waals surface area (Å²) in [5.74, 6) is -1.87. The van der Waals surface area contributed by atoms with Crippen LogP contribution in [0.2, 0.25) is 0 Å². The maximum absolute atomic E-state index is 12.6. The number of hydrogen-bond donors (Lipinski definition) is 1. The van der Waals surface area contributed by atoms with Gasteiger partial charge in [0.15, 0.2) is 12.1 Å². The summed E-state index contributed by atoms with van der Waals surface area (Å²) in [6.07, 6.45) is -2.16. The van der Waals surface area contributed by atoms with Gasteiger partial charge in [-0.3, -0.25) is 9.59 Å². The molecule has 0 atom stereocenters. The molecule has 1 aromatic heterocycles. The number of oxazole rings is 1. The molecule has 0 fully saturated rings. The second-order valence-electron chi connectivity index (χ2n) is 4.65. The van der Waals surface area contributed by atoms with Gasteiger partial charge in [-0.1, -0.05) is 0 Å². The predicted octanol–water partition coefficient (Wildman–Crippen LogP) is 1.21. The first-order valence-electron chi connectivity index (χ1n) is 5.42. The molecule has 0 spiro atoms. The quantitative estimate of drug-likeness (QED) is 0.896. The second-order valence-corrected chi connectivity index (χ2v) is 4.65. The normalized spacial score (nSPS) is 11.5. The van der Waals surface area contributed by atoms with Crippen molar-refractivity contribution in [2.75, 3.05) is 14.1 Å². The molecule has 8 heteroatoms. The molecular formula is C11H15F2N3O3. The molecule has 0 aromatic carbocycles. The van der Waals surface area contributed by atoms with Gasteiger partial charge in [-0.2, -0.15) is 0 Å². The molecule has 1 rings (SSSR count). The van der Waals surface area contributed by atoms with Crippen molar-refractivity contribution in [2.24, 2.45) is 0 Å². The number of carbonyl (C=O) groups excluding carboxylic acids is 2. The average molecular weight is 275 g/mol. The van der Waals surface area contributed by atoms with Crippen LogP contribution in [-0.2, 0) is 4.79 Å². The fourth-order valence-corrected chi connectivity index (χ4v) is 1.53. The van der Waals surface area contributed by atoms with Crippen LogP contribution in [0.3, 0.4) is 0 Å². The maximum atomic E-state index is 12.6. The number of amides is 2. The summed E-state index contributed by atoms with van der Waals surface area (Å²) in [4.78, 5) is 28.2. The highest BCUT2D eigenvalue weighted by Crippen LogP contribution is 2.21. The predicted molar refractivity (Wildman–Crippen MR) is 61.7 cm³/mol. The van der Waals surface area contributed by atoms with Gasteiger partial charge in [-0.15, -0.1) is 0 Å². The molecule has 1 N–H and O–H groups in total. The Balaban J connectivity index is 2.91. The van der Waals surface area contributed by atoms with E-state index in [1.807, 2.05) is 0 Å². The molecule has 0 saturated carbocycles. The third-order valence-corrected chi connectivity index (χ3v) is 2.37. The molecule has 0 bridgehead atoms. The zero-order valence-corrected chi connectivity index (χ0v) is 11.0. The first kappa shape index (κ1) is 15.1. The Morgan fingerprint density at radius 2 is 2.00 bits per heavy atom. The molecular weight excluding hydrogens is 260 g/mol. The number of rotatable bonds is 4. The van der Waals surface area contributed by atoms with Crippen LogP contribution in [-0.4, -0.2) is 41.3 Å². The van der Waals surface area contributed by atoms with E-state index in [1.165, 1.54) is 32.8 Å². The minimum Gasteiger partial charge on any atom is -0.438 e. The summed E-state index contributed by atoms with van der Waals surface area (Å²) in [5.41, 5.74) is -1.99. The number of nitrogens with one attached hydrogen (secondary N) is 1. The highest BCUT2D eigenvalue weighted by atomic mass is 19.3. The second kappa shape index (κ2) is 5.33. The SMILES string of the molecule is CN(C)C(=O)C(C)(C)NC(=O)c1ocnc1C(F)F. The highest BCUT2D eigenvalue weighted by molar-refractivity contribution is 5.97. The lowest BCUT2D eigenvalue weighted by Gasteiger charge is -2.27. The van der Waals surface area contributed by atoms with Crippen LogP contribution >= 0.6 is 0 Å². The summed E-state index contributed by atoms with van der Waals surface area (Å²) in [6, 6.07) is 0. The number of halogens is 2. The third kappa shape index (κ3) is 3.27. The zero-order chi connectivity index (χ0) is 14.8. The van der Waals surface area contributed by atoms with Gasteiger partial charge in [-0.05, 0) is 13.8 Å². The van der Waals surface area contributed by atoms with E-state index in [-0.39, 0.29) is 5.91 Å². The number of carbonyl (C=O) groups is 2. The molecule has 106 valence electrons. The maximum Gasteiger partial charge on any atom is 0.290 e. The Hall–Kier alpha value is -1.99. The first-order chi connectivity index (χ1) is 8.66. The molecule has 2 amide bonds. The van der Waals surface area contributed by atoms with Crippen molar-refractivity contribution in [1.29, 1.82) is 0 Å². The molecule has 0 radical (unpaired) electrons. The highest BCUT2D eigenvalue weighted by Gasteiger charge is 2.34. The van der Waals surface area contributed by atoms with E-state index >= 15 is 0 Å². The van der Waals surface area contributed by atoms with Gasteiger partial charge in [0.25, 0.3) is 12.3 Å². The molecule has 0 aliphatic rings. The third-order valence-electron chi connectivity index (χ3n) is 2.37. The van der Waals surface area contributed by atoms with Crippen molar-refractivity contribution < 1.29 is 22.8 Å². The zero-order valence-electron chi connectivity index (χ0n) is 11.0. The monoisotopic (exact) mass is 275 g/mol. The molecule has 0 unspecified atom stereocenters. The number of nitrogens with zero attached hydrogens (tertiary/aromatic N) is 2. The van der Waals surface area contributed by atoms with Crippen LogP contribution in [0.25, 0.3) is 0 Å². The molecule has 19 heavy (non-hydrogen) atoms. The van der Waals surface area contributed by atoms with E-state index in [0.29, 0.717) is 0 Å². The summed E-state index contributed by atoms with van der Waals surface area (Å²) in [7, 11) is 3.05. The molecule has 0 aliphatic heterocycles. The van der Waals surface area contributed by atoms with Crippen LogP contribution in [0.4, 0.5) is 8.78 Å². The lowest BCUT2D eigenvalue weighted by atomic mass is 10.0. The topological polar surface area (TPSA) is 75.4 Å². The van der Waals surface area contributed by atoms with Gasteiger partial charge in [0, 0.05) is 14.1 Å². The van der Waals surface area contributed by atoms with Gasteiger partial charge in [0.1, 0.15) is 5.54 Å². The van der Waals surface area contributed by atoms with Crippen molar-refractivity contribution in [2.45, 2.75) is 25.8 Å². The van der Waals surface area contributed by atoms with E-state index in [0.717, 1.165) is 6.39 Å². The molecule has 0 saturated heterocycles. The molecule has 6 nitrogen and oxygen atoms in total. The van der Waals surface area contributed by atoms with Crippen LogP contribution < -0.4 is 5.32 Å². The van der Waals surface area contributed by atoms with E-state index < -0.39 is 29.3 Å². The van der Waals surface area contributed by atoms with Crippen LogP contribution in [0.5, 0.6) is 0 Å². The van der Waals surface area contributed by atoms with Crippen LogP contribution in [0.1, 0.15) is 36.5 Å². The lowest BCUT2D eigenvalue weighted by Crippen LogP contribution is -2.54. The van der Waals surface area contributed by atoms with Crippen molar-refractivity contribution >= 4 is 11.8 Å². The molecule has 1 aromatic rings. The molecule has 1 heterocycles.